The fourth-order valence-electron chi connectivity index (χ4n) is 4.49. The number of benzene rings is 1. The van der Waals surface area contributed by atoms with Crippen molar-refractivity contribution in [3.8, 4) is 0 Å². The van der Waals surface area contributed by atoms with Crippen LogP contribution in [-0.4, -0.2) is 42.9 Å². The van der Waals surface area contributed by atoms with Crippen molar-refractivity contribution in [1.29, 1.82) is 0 Å². The zero-order chi connectivity index (χ0) is 24.6. The van der Waals surface area contributed by atoms with E-state index in [0.717, 1.165) is 36.9 Å². The third kappa shape index (κ3) is 4.67. The molecule has 0 amide bonds. The summed E-state index contributed by atoms with van der Waals surface area (Å²) < 4.78 is 2.12. The Morgan fingerprint density at radius 3 is 2.68 bits per heavy atom. The van der Waals surface area contributed by atoms with Crippen LogP contribution in [0.4, 0.5) is 11.5 Å². The van der Waals surface area contributed by atoms with Crippen LogP contribution < -0.4 is 16.7 Å². The van der Waals surface area contributed by atoms with Crippen LogP contribution in [0.1, 0.15) is 81.4 Å². The molecule has 1 aliphatic rings. The van der Waals surface area contributed by atoms with Crippen molar-refractivity contribution < 1.29 is 9.90 Å². The van der Waals surface area contributed by atoms with Crippen LogP contribution in [0.5, 0.6) is 0 Å². The topological polar surface area (TPSA) is 134 Å². The number of hydrogen-bond donors (Lipinski definition) is 4. The first-order valence-electron chi connectivity index (χ1n) is 11.8. The maximum atomic E-state index is 11.6. The van der Waals surface area contributed by atoms with Crippen molar-refractivity contribution in [2.45, 2.75) is 77.4 Å². The molecule has 0 bridgehead atoms. The summed E-state index contributed by atoms with van der Waals surface area (Å²) in [5.74, 6) is -0.401. The molecule has 4 rings (SSSR count). The number of aromatic amines is 1. The average Bonchev–Trinajstić information content (AvgIpc) is 3.21. The summed E-state index contributed by atoms with van der Waals surface area (Å²) >= 11 is 6.06. The van der Waals surface area contributed by atoms with E-state index in [-0.39, 0.29) is 34.6 Å². The number of aromatic carboxylic acids is 1. The highest BCUT2D eigenvalue weighted by Crippen LogP contribution is 2.30. The number of H-pyrrole nitrogens is 1. The van der Waals surface area contributed by atoms with Crippen molar-refractivity contribution in [2.24, 2.45) is 10.7 Å². The first-order valence-corrected chi connectivity index (χ1v) is 12.1. The lowest BCUT2D eigenvalue weighted by atomic mass is 9.91. The monoisotopic (exact) mass is 485 g/mol. The van der Waals surface area contributed by atoms with Gasteiger partial charge in [0.15, 0.2) is 11.3 Å². The lowest BCUT2D eigenvalue weighted by Gasteiger charge is -2.25. The van der Waals surface area contributed by atoms with Crippen LogP contribution in [0.2, 0.25) is 5.02 Å². The first-order chi connectivity index (χ1) is 16.2. The Labute approximate surface area is 203 Å². The van der Waals surface area contributed by atoms with E-state index in [2.05, 4.69) is 47.8 Å². The van der Waals surface area contributed by atoms with Crippen molar-refractivity contribution >= 4 is 40.1 Å². The second kappa shape index (κ2) is 9.76. The molecular formula is C24H32ClN7O2. The molecule has 182 valence electrons. The standard InChI is InChI=1S/C24H32ClN7O2/c1-12(2)19-21-20(31-30-19)22(27-14-9-10-16(25)15(11-14)23(33)34)29-24(32(21)13(3)4)28-18-8-6-5-7-17(18)26/h9-13,17-18H,5-8,26H2,1-4H3,(H,30,31)(H,33,34)(H,27,28,29). The summed E-state index contributed by atoms with van der Waals surface area (Å²) in [6.45, 7) is 8.42. The minimum Gasteiger partial charge on any atom is -0.478 e. The number of carboxylic acids is 1. The predicted molar refractivity (Wildman–Crippen MR) is 134 cm³/mol. The van der Waals surface area contributed by atoms with Gasteiger partial charge in [-0.3, -0.25) is 5.10 Å². The summed E-state index contributed by atoms with van der Waals surface area (Å²) in [6, 6.07) is 4.86. The average molecular weight is 486 g/mol. The van der Waals surface area contributed by atoms with Crippen LogP contribution in [0.3, 0.4) is 0 Å². The molecule has 1 fully saturated rings. The van der Waals surface area contributed by atoms with Gasteiger partial charge in [0.05, 0.1) is 27.8 Å². The number of nitrogens with one attached hydrogen (secondary N) is 2. The third-order valence-corrected chi connectivity index (χ3v) is 6.61. The summed E-state index contributed by atoms with van der Waals surface area (Å²) in [7, 11) is 0. The molecule has 1 aromatic carbocycles. The van der Waals surface area contributed by atoms with Gasteiger partial charge in [-0.25, -0.2) is 9.79 Å². The predicted octanol–water partition coefficient (Wildman–Crippen LogP) is 4.73. The molecule has 0 radical (unpaired) electrons. The first kappa shape index (κ1) is 24.2. The second-order valence-corrected chi connectivity index (χ2v) is 9.89. The Kier molecular flexibility index (Phi) is 6.95. The number of hydrogen-bond acceptors (Lipinski definition) is 6. The molecule has 9 nitrogen and oxygen atoms in total. The molecule has 2 aromatic heterocycles. The molecule has 1 saturated carbocycles. The zero-order valence-electron chi connectivity index (χ0n) is 20.0. The van der Waals surface area contributed by atoms with E-state index < -0.39 is 5.97 Å². The van der Waals surface area contributed by atoms with Crippen molar-refractivity contribution in [3.05, 3.63) is 40.1 Å². The Balaban J connectivity index is 1.94. The van der Waals surface area contributed by atoms with Crippen LogP contribution in [0, 0.1) is 0 Å². The summed E-state index contributed by atoms with van der Waals surface area (Å²) in [4.78, 5) is 21.5. The van der Waals surface area contributed by atoms with Gasteiger partial charge < -0.3 is 20.7 Å². The Morgan fingerprint density at radius 1 is 1.29 bits per heavy atom. The molecule has 0 saturated heterocycles. The highest BCUT2D eigenvalue weighted by molar-refractivity contribution is 6.33. The highest BCUT2D eigenvalue weighted by atomic mass is 35.5. The zero-order valence-corrected chi connectivity index (χ0v) is 20.7. The van der Waals surface area contributed by atoms with Crippen molar-refractivity contribution in [3.63, 3.8) is 0 Å². The van der Waals surface area contributed by atoms with Crippen LogP contribution in [-0.2, 0) is 0 Å². The van der Waals surface area contributed by atoms with Crippen molar-refractivity contribution in [1.82, 2.24) is 19.7 Å². The number of fused-ring (bicyclic) bond motifs is 1. The van der Waals surface area contributed by atoms with Crippen LogP contribution in [0.25, 0.3) is 11.0 Å². The van der Waals surface area contributed by atoms with Crippen molar-refractivity contribution in [2.75, 3.05) is 5.32 Å². The SMILES string of the molecule is CC(C)c1[nH]nc2c(Nc3ccc(Cl)c(C(=O)O)c3)nc(=NC3CCCCC3N)n(C(C)C)c12. The quantitative estimate of drug-likeness (QED) is 0.398. The Bertz CT molecular complexity index is 1280. The lowest BCUT2D eigenvalue weighted by Crippen LogP contribution is -2.39. The van der Waals surface area contributed by atoms with E-state index >= 15 is 0 Å². The molecule has 10 heteroatoms. The van der Waals surface area contributed by atoms with Gasteiger partial charge in [0.2, 0.25) is 5.62 Å². The number of nitrogens with zero attached hydrogens (tertiary/aromatic N) is 4. The second-order valence-electron chi connectivity index (χ2n) is 9.48. The number of rotatable bonds is 6. The van der Waals surface area contributed by atoms with E-state index in [1.807, 2.05) is 0 Å². The van der Waals surface area contributed by atoms with E-state index in [0.29, 0.717) is 22.6 Å². The molecule has 0 aliphatic heterocycles. The van der Waals surface area contributed by atoms with E-state index in [1.165, 1.54) is 6.07 Å². The minimum atomic E-state index is -1.10. The third-order valence-electron chi connectivity index (χ3n) is 6.28. The fraction of sp³-hybridized carbons (Fsp3) is 0.500. The van der Waals surface area contributed by atoms with Gasteiger partial charge >= 0.3 is 5.97 Å². The summed E-state index contributed by atoms with van der Waals surface area (Å²) in [6.07, 6.45) is 4.11. The van der Waals surface area contributed by atoms with Gasteiger partial charge in [0, 0.05) is 17.8 Å². The molecule has 0 spiro atoms. The number of carbonyl (C=O) groups is 1. The van der Waals surface area contributed by atoms with Gasteiger partial charge in [-0.2, -0.15) is 10.1 Å². The van der Waals surface area contributed by atoms with Crippen LogP contribution in [0.15, 0.2) is 23.2 Å². The van der Waals surface area contributed by atoms with Gasteiger partial charge in [0.25, 0.3) is 0 Å². The summed E-state index contributed by atoms with van der Waals surface area (Å²) in [5.41, 5.74) is 10.1. The molecular weight excluding hydrogens is 454 g/mol. The normalized spacial score (nSPS) is 19.4. The number of carboxylic acid groups (broad SMARTS) is 1. The largest absolute Gasteiger partial charge is 0.478 e. The van der Waals surface area contributed by atoms with Gasteiger partial charge in [-0.05, 0) is 50.8 Å². The van der Waals surface area contributed by atoms with Gasteiger partial charge in [0.1, 0.15) is 0 Å². The molecule has 2 heterocycles. The Morgan fingerprint density at radius 2 is 2.03 bits per heavy atom. The molecule has 5 N–H and O–H groups in total. The van der Waals surface area contributed by atoms with Crippen LogP contribution >= 0.6 is 11.6 Å². The highest BCUT2D eigenvalue weighted by Gasteiger charge is 2.24. The minimum absolute atomic E-state index is 0.0000888. The smallest absolute Gasteiger partial charge is 0.337 e. The maximum absolute atomic E-state index is 11.6. The molecule has 2 unspecified atom stereocenters. The number of aromatic nitrogens is 4. The maximum Gasteiger partial charge on any atom is 0.337 e. The van der Waals surface area contributed by atoms with Gasteiger partial charge in [-0.15, -0.1) is 0 Å². The number of nitrogens with two attached hydrogens (primary N) is 1. The lowest BCUT2D eigenvalue weighted by molar-refractivity contribution is 0.0697. The molecule has 1 aliphatic carbocycles. The van der Waals surface area contributed by atoms with Gasteiger partial charge in [-0.1, -0.05) is 38.3 Å². The molecule has 34 heavy (non-hydrogen) atoms. The van der Waals surface area contributed by atoms with E-state index in [4.69, 9.17) is 27.3 Å². The van der Waals surface area contributed by atoms with E-state index in [9.17, 15) is 9.90 Å². The fourth-order valence-corrected chi connectivity index (χ4v) is 4.69. The number of halogens is 1. The summed E-state index contributed by atoms with van der Waals surface area (Å²) in [5, 5.41) is 20.7. The Hall–Kier alpha value is -2.91. The molecule has 3 aromatic rings. The number of anilines is 2. The molecule has 2 atom stereocenters. The van der Waals surface area contributed by atoms with E-state index in [1.54, 1.807) is 12.1 Å².